The molecular weight excluding hydrogens is 292 g/mol. The van der Waals surface area contributed by atoms with E-state index in [9.17, 15) is 23.8 Å². The zero-order valence-corrected chi connectivity index (χ0v) is 12.1. The predicted molar refractivity (Wildman–Crippen MR) is 74.9 cm³/mol. The molecule has 1 saturated carbocycles. The molecule has 2 aliphatic rings. The maximum Gasteiger partial charge on any atom is 0.227 e. The first-order valence-corrected chi connectivity index (χ1v) is 7.50. The third-order valence-corrected chi connectivity index (χ3v) is 5.18. The van der Waals surface area contributed by atoms with Crippen LogP contribution in [0.15, 0.2) is 18.2 Å². The van der Waals surface area contributed by atoms with Crippen molar-refractivity contribution < 1.29 is 23.8 Å². The van der Waals surface area contributed by atoms with Crippen molar-refractivity contribution in [1.82, 2.24) is 4.90 Å². The van der Waals surface area contributed by atoms with Gasteiger partial charge in [0.2, 0.25) is 5.91 Å². The molecule has 1 heterocycles. The van der Waals surface area contributed by atoms with Crippen LogP contribution < -0.4 is 0 Å². The van der Waals surface area contributed by atoms with Crippen molar-refractivity contribution >= 4 is 5.91 Å². The maximum absolute atomic E-state index is 13.6. The smallest absolute Gasteiger partial charge is 0.227 e. The Kier molecular flexibility index (Phi) is 3.91. The monoisotopic (exact) mass is 311 g/mol. The second kappa shape index (κ2) is 5.59. The number of carbonyl (C=O) groups excluding carboxylic acids is 1. The first-order valence-electron chi connectivity index (χ1n) is 7.50. The van der Waals surface area contributed by atoms with Crippen molar-refractivity contribution in [2.24, 2.45) is 5.41 Å². The molecule has 2 unspecified atom stereocenters. The van der Waals surface area contributed by atoms with Gasteiger partial charge in [-0.3, -0.25) is 4.79 Å². The van der Waals surface area contributed by atoms with Crippen LogP contribution in [0.1, 0.15) is 24.8 Å². The predicted octanol–water partition coefficient (Wildman–Crippen LogP) is 1.24. The van der Waals surface area contributed by atoms with E-state index in [1.54, 1.807) is 4.90 Å². The summed E-state index contributed by atoms with van der Waals surface area (Å²) in [5, 5.41) is 19.7. The summed E-state index contributed by atoms with van der Waals surface area (Å²) >= 11 is 0. The maximum atomic E-state index is 13.6. The van der Waals surface area contributed by atoms with Gasteiger partial charge >= 0.3 is 0 Å². The van der Waals surface area contributed by atoms with E-state index in [2.05, 4.69) is 0 Å². The lowest BCUT2D eigenvalue weighted by Crippen LogP contribution is -2.62. The SMILES string of the molecule is O=C(Cc1ccc(F)cc1F)N1CCC2(CC1)C(O)CC2O. The zero-order valence-electron chi connectivity index (χ0n) is 12.1. The quantitative estimate of drug-likeness (QED) is 0.864. The largest absolute Gasteiger partial charge is 0.392 e. The summed E-state index contributed by atoms with van der Waals surface area (Å²) in [6, 6.07) is 3.19. The molecule has 6 heteroatoms. The number of halogens is 2. The molecule has 120 valence electrons. The van der Waals surface area contributed by atoms with E-state index in [4.69, 9.17) is 0 Å². The van der Waals surface area contributed by atoms with Crippen molar-refractivity contribution in [3.05, 3.63) is 35.4 Å². The minimum absolute atomic E-state index is 0.107. The molecule has 2 fully saturated rings. The minimum Gasteiger partial charge on any atom is -0.392 e. The molecule has 1 spiro atoms. The van der Waals surface area contributed by atoms with E-state index in [1.807, 2.05) is 0 Å². The molecule has 22 heavy (non-hydrogen) atoms. The first-order chi connectivity index (χ1) is 10.4. The van der Waals surface area contributed by atoms with Gasteiger partial charge in [0.05, 0.1) is 18.6 Å². The van der Waals surface area contributed by atoms with Crippen LogP contribution in [-0.4, -0.2) is 46.3 Å². The third kappa shape index (κ3) is 2.50. The van der Waals surface area contributed by atoms with Gasteiger partial charge in [-0.05, 0) is 24.5 Å². The van der Waals surface area contributed by atoms with Gasteiger partial charge in [-0.15, -0.1) is 0 Å². The highest BCUT2D eigenvalue weighted by Gasteiger charge is 2.55. The van der Waals surface area contributed by atoms with E-state index >= 15 is 0 Å². The molecule has 4 nitrogen and oxygen atoms in total. The number of piperidine rings is 1. The lowest BCUT2D eigenvalue weighted by Gasteiger charge is -2.55. The molecule has 1 aliphatic carbocycles. The third-order valence-electron chi connectivity index (χ3n) is 5.18. The van der Waals surface area contributed by atoms with E-state index in [1.165, 1.54) is 6.07 Å². The van der Waals surface area contributed by atoms with Crippen LogP contribution in [-0.2, 0) is 11.2 Å². The average Bonchev–Trinajstić information content (AvgIpc) is 2.50. The van der Waals surface area contributed by atoms with Crippen molar-refractivity contribution in [1.29, 1.82) is 0 Å². The molecule has 1 aliphatic heterocycles. The van der Waals surface area contributed by atoms with E-state index in [0.717, 1.165) is 12.1 Å². The van der Waals surface area contributed by atoms with Gasteiger partial charge in [0.25, 0.3) is 0 Å². The standard InChI is InChI=1S/C16H19F2NO3/c17-11-2-1-10(12(18)8-11)7-15(22)19-5-3-16(4-6-19)13(20)9-14(16)21/h1-2,8,13-14,20-21H,3-7,9H2. The molecule has 2 atom stereocenters. The number of aliphatic hydroxyl groups is 2. The van der Waals surface area contributed by atoms with Gasteiger partial charge in [0, 0.05) is 31.0 Å². The summed E-state index contributed by atoms with van der Waals surface area (Å²) in [6.45, 7) is 0.880. The molecule has 2 N–H and O–H groups in total. The fraction of sp³-hybridized carbons (Fsp3) is 0.562. The lowest BCUT2D eigenvalue weighted by atomic mass is 9.58. The number of likely N-dealkylation sites (tertiary alicyclic amines) is 1. The average molecular weight is 311 g/mol. The van der Waals surface area contributed by atoms with E-state index in [0.29, 0.717) is 32.4 Å². The highest BCUT2D eigenvalue weighted by Crippen LogP contribution is 2.49. The molecule has 0 bridgehead atoms. The first kappa shape index (κ1) is 15.4. The number of carbonyl (C=O) groups is 1. The molecule has 1 amide bonds. The highest BCUT2D eigenvalue weighted by molar-refractivity contribution is 5.79. The molecule has 3 rings (SSSR count). The summed E-state index contributed by atoms with van der Waals surface area (Å²) in [5.41, 5.74) is -0.298. The van der Waals surface area contributed by atoms with Crippen molar-refractivity contribution in [2.45, 2.75) is 37.9 Å². The Hall–Kier alpha value is -1.53. The number of rotatable bonds is 2. The zero-order chi connectivity index (χ0) is 15.9. The number of aliphatic hydroxyl groups excluding tert-OH is 2. The molecular formula is C16H19F2NO3. The van der Waals surface area contributed by atoms with Gasteiger partial charge in [-0.1, -0.05) is 6.07 Å². The Morgan fingerprint density at radius 1 is 1.23 bits per heavy atom. The Morgan fingerprint density at radius 3 is 2.41 bits per heavy atom. The van der Waals surface area contributed by atoms with Crippen LogP contribution in [0.2, 0.25) is 0 Å². The molecule has 0 aromatic heterocycles. The normalized spacial score (nSPS) is 26.8. The highest BCUT2D eigenvalue weighted by atomic mass is 19.1. The minimum atomic E-state index is -0.716. The van der Waals surface area contributed by atoms with Gasteiger partial charge in [-0.25, -0.2) is 8.78 Å². The van der Waals surface area contributed by atoms with Crippen molar-refractivity contribution in [3.8, 4) is 0 Å². The van der Waals surface area contributed by atoms with E-state index in [-0.39, 0.29) is 17.9 Å². The van der Waals surface area contributed by atoms with Gasteiger partial charge in [-0.2, -0.15) is 0 Å². The van der Waals surface area contributed by atoms with Crippen LogP contribution in [0.4, 0.5) is 8.78 Å². The summed E-state index contributed by atoms with van der Waals surface area (Å²) in [6.07, 6.45) is 0.377. The molecule has 1 aromatic carbocycles. The Morgan fingerprint density at radius 2 is 1.86 bits per heavy atom. The van der Waals surface area contributed by atoms with Crippen LogP contribution in [0.25, 0.3) is 0 Å². The number of benzene rings is 1. The second-order valence-corrected chi connectivity index (χ2v) is 6.29. The van der Waals surface area contributed by atoms with Crippen LogP contribution in [0.5, 0.6) is 0 Å². The summed E-state index contributed by atoms with van der Waals surface area (Å²) in [5.74, 6) is -1.60. The Balaban J connectivity index is 1.60. The van der Waals surface area contributed by atoms with Crippen molar-refractivity contribution in [3.63, 3.8) is 0 Å². The van der Waals surface area contributed by atoms with Crippen LogP contribution in [0, 0.1) is 17.0 Å². The Bertz CT molecular complexity index is 575. The number of hydrogen-bond donors (Lipinski definition) is 2. The van der Waals surface area contributed by atoms with Gasteiger partial charge in [0.15, 0.2) is 0 Å². The van der Waals surface area contributed by atoms with Gasteiger partial charge < -0.3 is 15.1 Å². The number of nitrogens with zero attached hydrogens (tertiary/aromatic N) is 1. The van der Waals surface area contributed by atoms with Crippen molar-refractivity contribution in [2.75, 3.05) is 13.1 Å². The molecule has 1 aromatic rings. The number of amides is 1. The van der Waals surface area contributed by atoms with Crippen LogP contribution >= 0.6 is 0 Å². The Labute approximate surface area is 127 Å². The fourth-order valence-corrected chi connectivity index (χ4v) is 3.52. The van der Waals surface area contributed by atoms with Gasteiger partial charge in [0.1, 0.15) is 11.6 Å². The lowest BCUT2D eigenvalue weighted by molar-refractivity contribution is -0.191. The van der Waals surface area contributed by atoms with Crippen LogP contribution in [0.3, 0.4) is 0 Å². The molecule has 1 saturated heterocycles. The van der Waals surface area contributed by atoms with E-state index < -0.39 is 29.3 Å². The molecule has 0 radical (unpaired) electrons. The second-order valence-electron chi connectivity index (χ2n) is 6.29. The topological polar surface area (TPSA) is 60.8 Å². The number of hydrogen-bond acceptors (Lipinski definition) is 3. The summed E-state index contributed by atoms with van der Waals surface area (Å²) in [7, 11) is 0. The summed E-state index contributed by atoms with van der Waals surface area (Å²) in [4.78, 5) is 13.8. The fourth-order valence-electron chi connectivity index (χ4n) is 3.52. The summed E-state index contributed by atoms with van der Waals surface area (Å²) < 4.78 is 26.5.